The van der Waals surface area contributed by atoms with Crippen LogP contribution in [0, 0.1) is 0 Å². The largest absolute Gasteiger partial charge is 0.506 e. The van der Waals surface area contributed by atoms with Crippen LogP contribution in [0.1, 0.15) is 16.7 Å². The van der Waals surface area contributed by atoms with Crippen molar-refractivity contribution >= 4 is 17.8 Å². The van der Waals surface area contributed by atoms with Gasteiger partial charge in [0.1, 0.15) is 5.75 Å². The van der Waals surface area contributed by atoms with Crippen molar-refractivity contribution in [3.63, 3.8) is 0 Å². The number of hydrogen-bond acceptors (Lipinski definition) is 3. The Labute approximate surface area is 110 Å². The minimum Gasteiger partial charge on any atom is -0.506 e. The Kier molecular flexibility index (Phi) is 3.85. The van der Waals surface area contributed by atoms with Crippen molar-refractivity contribution < 1.29 is 10.3 Å². The zero-order chi connectivity index (χ0) is 13.0. The molecule has 0 aromatic heterocycles. The number of oxime groups is 1. The number of phenolic OH excluding ortho intramolecular Hbond substituents is 1. The van der Waals surface area contributed by atoms with Crippen molar-refractivity contribution in [1.82, 2.24) is 0 Å². The minimum atomic E-state index is -0.0775. The molecule has 2 N–H and O–H groups in total. The lowest BCUT2D eigenvalue weighted by molar-refractivity contribution is 0.321. The van der Waals surface area contributed by atoms with Crippen molar-refractivity contribution in [3.05, 3.63) is 64.2 Å². The summed E-state index contributed by atoms with van der Waals surface area (Å²) in [5, 5.41) is 21.4. The van der Waals surface area contributed by atoms with E-state index in [-0.39, 0.29) is 10.8 Å². The van der Waals surface area contributed by atoms with Crippen LogP contribution in [0.25, 0.3) is 0 Å². The molecule has 2 rings (SSSR count). The maximum absolute atomic E-state index is 9.68. The maximum atomic E-state index is 9.68. The van der Waals surface area contributed by atoms with Gasteiger partial charge < -0.3 is 10.3 Å². The van der Waals surface area contributed by atoms with E-state index < -0.39 is 0 Å². The second kappa shape index (κ2) is 5.56. The Hall–Kier alpha value is -2.00. The molecule has 2 aromatic carbocycles. The highest BCUT2D eigenvalue weighted by molar-refractivity contribution is 6.32. The lowest BCUT2D eigenvalue weighted by Crippen LogP contribution is -1.92. The van der Waals surface area contributed by atoms with Gasteiger partial charge in [0, 0.05) is 5.56 Å². The molecular weight excluding hydrogens is 250 g/mol. The molecule has 0 fully saturated rings. The molecule has 3 nitrogen and oxygen atoms in total. The second-order valence-electron chi connectivity index (χ2n) is 3.92. The molecule has 0 radical (unpaired) electrons. The third kappa shape index (κ3) is 2.81. The molecule has 0 amide bonds. The average Bonchev–Trinajstić information content (AvgIpc) is 2.37. The Morgan fingerprint density at radius 1 is 1.11 bits per heavy atom. The molecular formula is C14H12ClNO2. The fraction of sp³-hybridized carbons (Fsp3) is 0.0714. The van der Waals surface area contributed by atoms with Gasteiger partial charge in [0.15, 0.2) is 0 Å². The quantitative estimate of drug-likeness (QED) is 0.505. The van der Waals surface area contributed by atoms with E-state index in [2.05, 4.69) is 5.16 Å². The Morgan fingerprint density at radius 3 is 2.50 bits per heavy atom. The number of aromatic hydroxyl groups is 1. The van der Waals surface area contributed by atoms with Crippen LogP contribution in [-0.4, -0.2) is 16.5 Å². The average molecular weight is 262 g/mol. The third-order valence-electron chi connectivity index (χ3n) is 2.60. The number of rotatable bonds is 3. The Bertz CT molecular complexity index is 568. The first-order valence-electron chi connectivity index (χ1n) is 5.43. The predicted octanol–water partition coefficient (Wildman–Crippen LogP) is 3.44. The molecule has 0 bridgehead atoms. The van der Waals surface area contributed by atoms with Gasteiger partial charge in [-0.2, -0.15) is 0 Å². The molecule has 0 spiro atoms. The second-order valence-corrected chi connectivity index (χ2v) is 4.33. The first-order valence-corrected chi connectivity index (χ1v) is 5.81. The molecule has 0 saturated carbocycles. The molecule has 0 aliphatic rings. The smallest absolute Gasteiger partial charge is 0.143 e. The molecule has 4 heteroatoms. The zero-order valence-electron chi connectivity index (χ0n) is 9.55. The highest BCUT2D eigenvalue weighted by atomic mass is 35.5. The molecule has 2 aromatic rings. The topological polar surface area (TPSA) is 52.8 Å². The summed E-state index contributed by atoms with van der Waals surface area (Å²) < 4.78 is 0. The first kappa shape index (κ1) is 12.5. The highest BCUT2D eigenvalue weighted by Crippen LogP contribution is 2.29. The highest BCUT2D eigenvalue weighted by Gasteiger charge is 2.07. The van der Waals surface area contributed by atoms with Crippen LogP contribution in [0.5, 0.6) is 5.75 Å². The van der Waals surface area contributed by atoms with E-state index in [1.165, 1.54) is 0 Å². The van der Waals surface area contributed by atoms with Crippen LogP contribution in [0.4, 0.5) is 0 Å². The zero-order valence-corrected chi connectivity index (χ0v) is 10.3. The van der Waals surface area contributed by atoms with E-state index >= 15 is 0 Å². The Balaban J connectivity index is 2.34. The lowest BCUT2D eigenvalue weighted by Gasteiger charge is -2.07. The van der Waals surface area contributed by atoms with Crippen LogP contribution in [0.3, 0.4) is 0 Å². The molecule has 92 valence electrons. The normalized spacial score (nSPS) is 10.9. The van der Waals surface area contributed by atoms with Gasteiger partial charge in [-0.3, -0.25) is 0 Å². The number of benzene rings is 2. The van der Waals surface area contributed by atoms with Gasteiger partial charge in [0.2, 0.25) is 0 Å². The minimum absolute atomic E-state index is 0.0775. The molecule has 0 aliphatic carbocycles. The lowest BCUT2D eigenvalue weighted by atomic mass is 10.0. The first-order chi connectivity index (χ1) is 8.70. The fourth-order valence-corrected chi connectivity index (χ4v) is 2.02. The maximum Gasteiger partial charge on any atom is 0.143 e. The summed E-state index contributed by atoms with van der Waals surface area (Å²) >= 11 is 5.93. The van der Waals surface area contributed by atoms with Gasteiger partial charge in [-0.15, -0.1) is 0 Å². The summed E-state index contributed by atoms with van der Waals surface area (Å²) in [6, 6.07) is 13.4. The molecule has 0 aliphatic heterocycles. The summed E-state index contributed by atoms with van der Waals surface area (Å²) in [4.78, 5) is 0. The SMILES string of the molecule is O/N=C/c1cc(Cc2ccccc2)cc(Cl)c1O. The number of hydrogen-bond donors (Lipinski definition) is 2. The van der Waals surface area contributed by atoms with E-state index in [4.69, 9.17) is 16.8 Å². The van der Waals surface area contributed by atoms with Crippen molar-refractivity contribution in [2.75, 3.05) is 0 Å². The van der Waals surface area contributed by atoms with Crippen LogP contribution in [0.2, 0.25) is 5.02 Å². The summed E-state index contributed by atoms with van der Waals surface area (Å²) in [6.45, 7) is 0. The third-order valence-corrected chi connectivity index (χ3v) is 2.89. The molecule has 18 heavy (non-hydrogen) atoms. The van der Waals surface area contributed by atoms with Gasteiger partial charge in [0.05, 0.1) is 11.2 Å². The van der Waals surface area contributed by atoms with E-state index in [1.54, 1.807) is 12.1 Å². The van der Waals surface area contributed by atoms with Gasteiger partial charge in [-0.05, 0) is 29.7 Å². The van der Waals surface area contributed by atoms with Crippen molar-refractivity contribution in [2.24, 2.45) is 5.16 Å². The number of nitrogens with zero attached hydrogens (tertiary/aromatic N) is 1. The van der Waals surface area contributed by atoms with Crippen LogP contribution in [0.15, 0.2) is 47.6 Å². The van der Waals surface area contributed by atoms with E-state index in [0.717, 1.165) is 17.3 Å². The monoisotopic (exact) mass is 261 g/mol. The Morgan fingerprint density at radius 2 is 1.83 bits per heavy atom. The summed E-state index contributed by atoms with van der Waals surface area (Å²) in [7, 11) is 0. The fourth-order valence-electron chi connectivity index (χ4n) is 1.77. The summed E-state index contributed by atoms with van der Waals surface area (Å²) in [5.74, 6) is -0.0775. The van der Waals surface area contributed by atoms with Crippen molar-refractivity contribution in [2.45, 2.75) is 6.42 Å². The van der Waals surface area contributed by atoms with Crippen LogP contribution in [-0.2, 0) is 6.42 Å². The summed E-state index contributed by atoms with van der Waals surface area (Å²) in [5.41, 5.74) is 2.49. The number of phenols is 1. The van der Waals surface area contributed by atoms with Crippen LogP contribution >= 0.6 is 11.6 Å². The molecule has 0 atom stereocenters. The molecule has 0 heterocycles. The van der Waals surface area contributed by atoms with Gasteiger partial charge in [-0.1, -0.05) is 47.1 Å². The van der Waals surface area contributed by atoms with Gasteiger partial charge >= 0.3 is 0 Å². The van der Waals surface area contributed by atoms with Crippen LogP contribution < -0.4 is 0 Å². The van der Waals surface area contributed by atoms with Gasteiger partial charge in [0.25, 0.3) is 0 Å². The van der Waals surface area contributed by atoms with E-state index in [1.807, 2.05) is 30.3 Å². The molecule has 0 saturated heterocycles. The van der Waals surface area contributed by atoms with Crippen molar-refractivity contribution in [1.29, 1.82) is 0 Å². The van der Waals surface area contributed by atoms with E-state index in [9.17, 15) is 5.11 Å². The predicted molar refractivity (Wildman–Crippen MR) is 71.7 cm³/mol. The van der Waals surface area contributed by atoms with E-state index in [0.29, 0.717) is 12.0 Å². The van der Waals surface area contributed by atoms with Gasteiger partial charge in [-0.25, -0.2) is 0 Å². The standard InChI is InChI=1S/C14H12ClNO2/c15-13-8-11(6-10-4-2-1-3-5-10)7-12(9-16-18)14(13)17/h1-5,7-9,17-18H,6H2/b16-9+. The van der Waals surface area contributed by atoms with Crippen molar-refractivity contribution in [3.8, 4) is 5.75 Å². The number of halogens is 1. The summed E-state index contributed by atoms with van der Waals surface area (Å²) in [6.07, 6.45) is 1.86. The molecule has 0 unspecified atom stereocenters.